The van der Waals surface area contributed by atoms with Gasteiger partial charge in [0.05, 0.1) is 27.7 Å². The summed E-state index contributed by atoms with van der Waals surface area (Å²) in [6, 6.07) is 0. The molecule has 0 N–H and O–H groups in total. The molecule has 0 amide bonds. The Kier molecular flexibility index (Phi) is 41.6. The summed E-state index contributed by atoms with van der Waals surface area (Å²) < 4.78 is 33.8. The van der Waals surface area contributed by atoms with Gasteiger partial charge in [0, 0.05) is 12.8 Å². The quantitative estimate of drug-likeness (QED) is 0.0257. The fraction of sp³-hybridized carbons (Fsp3) is 0.959. The predicted octanol–water partition coefficient (Wildman–Crippen LogP) is 14.1. The van der Waals surface area contributed by atoms with Gasteiger partial charge in [-0.2, -0.15) is 0 Å². The van der Waals surface area contributed by atoms with Crippen molar-refractivity contribution in [1.29, 1.82) is 0 Å². The standard InChI is InChI=1S/C49H98NO8P/c1-6-8-10-12-14-15-16-17-18-19-20-21-22-23-24-25-26-27-28-29-30-31-32-33-34-36-38-40-42-49(52)58-47(46-57-59(53,54)56-44-43-50(3,4)5)45-55-48(51)41-39-37-35-13-11-9-7-2/h47H,6-46H2,1-5H3. The van der Waals surface area contributed by atoms with Gasteiger partial charge in [-0.1, -0.05) is 226 Å². The summed E-state index contributed by atoms with van der Waals surface area (Å²) in [4.78, 5) is 37.4. The Bertz CT molecular complexity index is 974. The van der Waals surface area contributed by atoms with E-state index in [2.05, 4.69) is 13.8 Å². The van der Waals surface area contributed by atoms with Crippen molar-refractivity contribution >= 4 is 19.8 Å². The van der Waals surface area contributed by atoms with Crippen LogP contribution in [0.1, 0.15) is 251 Å². The Hall–Kier alpha value is -0.990. The fourth-order valence-corrected chi connectivity index (χ4v) is 8.15. The molecule has 0 radical (unpaired) electrons. The third-order valence-electron chi connectivity index (χ3n) is 11.4. The lowest BCUT2D eigenvalue weighted by Gasteiger charge is -2.28. The average Bonchev–Trinajstić information content (AvgIpc) is 3.19. The molecule has 0 bridgehead atoms. The van der Waals surface area contributed by atoms with E-state index in [-0.39, 0.29) is 32.0 Å². The molecule has 0 spiro atoms. The van der Waals surface area contributed by atoms with Crippen LogP contribution in [0, 0.1) is 0 Å². The van der Waals surface area contributed by atoms with E-state index in [1.165, 1.54) is 186 Å². The smallest absolute Gasteiger partial charge is 0.306 e. The van der Waals surface area contributed by atoms with E-state index in [1.807, 2.05) is 21.1 Å². The van der Waals surface area contributed by atoms with E-state index in [4.69, 9.17) is 18.5 Å². The highest BCUT2D eigenvalue weighted by molar-refractivity contribution is 7.45. The summed E-state index contributed by atoms with van der Waals surface area (Å²) in [5, 5.41) is 0. The molecule has 0 heterocycles. The third kappa shape index (κ3) is 46.3. The molecule has 59 heavy (non-hydrogen) atoms. The number of nitrogens with zero attached hydrogens (tertiary/aromatic N) is 1. The van der Waals surface area contributed by atoms with E-state index < -0.39 is 26.5 Å². The minimum atomic E-state index is -4.61. The van der Waals surface area contributed by atoms with Crippen LogP contribution in [0.3, 0.4) is 0 Å². The van der Waals surface area contributed by atoms with Crippen LogP contribution in [-0.2, 0) is 32.7 Å². The molecule has 0 fully saturated rings. The minimum absolute atomic E-state index is 0.0260. The molecule has 0 aliphatic rings. The third-order valence-corrected chi connectivity index (χ3v) is 12.3. The summed E-state index contributed by atoms with van der Waals surface area (Å²) in [6.45, 7) is 4.22. The first-order valence-corrected chi connectivity index (χ1v) is 26.7. The first-order valence-electron chi connectivity index (χ1n) is 25.2. The van der Waals surface area contributed by atoms with Gasteiger partial charge in [0.2, 0.25) is 0 Å². The van der Waals surface area contributed by atoms with Gasteiger partial charge < -0.3 is 27.9 Å². The first-order chi connectivity index (χ1) is 28.5. The van der Waals surface area contributed by atoms with Crippen LogP contribution >= 0.6 is 7.82 Å². The number of carbonyl (C=O) groups excluding carboxylic acids is 2. The van der Waals surface area contributed by atoms with Gasteiger partial charge in [-0.25, -0.2) is 0 Å². The SMILES string of the molecule is CCCCCCCCCCCCCCCCCCCCCCCCCCCCCCC(=O)OC(COC(=O)CCCCCCCCC)COP(=O)([O-])OCC[N+](C)(C)C. The summed E-state index contributed by atoms with van der Waals surface area (Å²) in [5.74, 6) is -0.826. The van der Waals surface area contributed by atoms with Crippen molar-refractivity contribution in [3.05, 3.63) is 0 Å². The Balaban J connectivity index is 3.94. The highest BCUT2D eigenvalue weighted by Gasteiger charge is 2.21. The second kappa shape index (κ2) is 42.3. The van der Waals surface area contributed by atoms with Crippen LogP contribution in [0.15, 0.2) is 0 Å². The van der Waals surface area contributed by atoms with Crippen LogP contribution in [0.5, 0.6) is 0 Å². The first kappa shape index (κ1) is 58.0. The Morgan fingerprint density at radius 3 is 1.08 bits per heavy atom. The molecule has 0 aromatic heterocycles. The number of ether oxygens (including phenoxy) is 2. The van der Waals surface area contributed by atoms with Crippen molar-refractivity contribution in [3.63, 3.8) is 0 Å². The van der Waals surface area contributed by atoms with Gasteiger partial charge in [-0.15, -0.1) is 0 Å². The normalized spacial score (nSPS) is 13.4. The maximum Gasteiger partial charge on any atom is 0.306 e. The zero-order valence-electron chi connectivity index (χ0n) is 39.7. The lowest BCUT2D eigenvalue weighted by atomic mass is 10.0. The van der Waals surface area contributed by atoms with E-state index in [0.29, 0.717) is 17.4 Å². The molecule has 0 aliphatic carbocycles. The molecular formula is C49H98NO8P. The largest absolute Gasteiger partial charge is 0.756 e. The van der Waals surface area contributed by atoms with E-state index >= 15 is 0 Å². The molecule has 352 valence electrons. The second-order valence-electron chi connectivity index (χ2n) is 18.6. The van der Waals surface area contributed by atoms with Crippen LogP contribution in [-0.4, -0.2) is 70.0 Å². The maximum atomic E-state index is 12.7. The lowest BCUT2D eigenvalue weighted by Crippen LogP contribution is -2.37. The zero-order valence-corrected chi connectivity index (χ0v) is 40.6. The topological polar surface area (TPSA) is 111 Å². The van der Waals surface area contributed by atoms with Gasteiger partial charge in [0.1, 0.15) is 19.8 Å². The van der Waals surface area contributed by atoms with Crippen LogP contribution in [0.2, 0.25) is 0 Å². The van der Waals surface area contributed by atoms with Crippen molar-refractivity contribution in [1.82, 2.24) is 0 Å². The average molecular weight is 860 g/mol. The maximum absolute atomic E-state index is 12.7. The molecule has 10 heteroatoms. The monoisotopic (exact) mass is 860 g/mol. The van der Waals surface area contributed by atoms with E-state index in [0.717, 1.165) is 32.1 Å². The fourth-order valence-electron chi connectivity index (χ4n) is 7.42. The summed E-state index contributed by atoms with van der Waals surface area (Å²) in [7, 11) is 1.18. The number of esters is 2. The molecule has 0 aliphatic heterocycles. The number of hydrogen-bond acceptors (Lipinski definition) is 8. The van der Waals surface area contributed by atoms with Crippen LogP contribution in [0.25, 0.3) is 0 Å². The zero-order chi connectivity index (χ0) is 43.6. The Labute approximate surface area is 365 Å². The summed E-state index contributed by atoms with van der Waals surface area (Å²) >= 11 is 0. The van der Waals surface area contributed by atoms with E-state index in [1.54, 1.807) is 0 Å². The van der Waals surface area contributed by atoms with Crippen LogP contribution in [0.4, 0.5) is 0 Å². The van der Waals surface area contributed by atoms with E-state index in [9.17, 15) is 19.0 Å². The number of quaternary nitrogens is 1. The lowest BCUT2D eigenvalue weighted by molar-refractivity contribution is -0.870. The molecule has 0 aromatic carbocycles. The molecule has 0 rings (SSSR count). The molecule has 9 nitrogen and oxygen atoms in total. The molecule has 0 aromatic rings. The number of unbranched alkanes of at least 4 members (excludes halogenated alkanes) is 33. The van der Waals surface area contributed by atoms with Gasteiger partial charge in [0.25, 0.3) is 7.82 Å². The number of likely N-dealkylation sites (N-methyl/N-ethyl adjacent to an activating group) is 1. The van der Waals surface area contributed by atoms with Gasteiger partial charge >= 0.3 is 11.9 Å². The minimum Gasteiger partial charge on any atom is -0.756 e. The molecule has 0 saturated heterocycles. The van der Waals surface area contributed by atoms with Crippen LogP contribution < -0.4 is 4.89 Å². The van der Waals surface area contributed by atoms with Crippen molar-refractivity contribution in [2.45, 2.75) is 258 Å². The van der Waals surface area contributed by atoms with Crippen molar-refractivity contribution in [3.8, 4) is 0 Å². The van der Waals surface area contributed by atoms with Crippen molar-refractivity contribution in [2.75, 3.05) is 47.5 Å². The summed E-state index contributed by atoms with van der Waals surface area (Å²) in [5.41, 5.74) is 0. The molecule has 2 unspecified atom stereocenters. The number of phosphoric acid groups is 1. The number of phosphoric ester groups is 1. The second-order valence-corrected chi connectivity index (χ2v) is 20.0. The number of carbonyl (C=O) groups is 2. The molecule has 2 atom stereocenters. The molecular weight excluding hydrogens is 762 g/mol. The van der Waals surface area contributed by atoms with Gasteiger partial charge in [-0.3, -0.25) is 14.2 Å². The Morgan fingerprint density at radius 2 is 0.763 bits per heavy atom. The number of rotatable bonds is 47. The predicted molar refractivity (Wildman–Crippen MR) is 245 cm³/mol. The van der Waals surface area contributed by atoms with Crippen molar-refractivity contribution < 1.29 is 42.1 Å². The van der Waals surface area contributed by atoms with Crippen molar-refractivity contribution in [2.24, 2.45) is 0 Å². The Morgan fingerprint density at radius 1 is 0.458 bits per heavy atom. The highest BCUT2D eigenvalue weighted by atomic mass is 31.2. The van der Waals surface area contributed by atoms with Gasteiger partial charge in [-0.05, 0) is 12.8 Å². The van der Waals surface area contributed by atoms with Gasteiger partial charge in [0.15, 0.2) is 6.10 Å². The molecule has 0 saturated carbocycles. The number of hydrogen-bond donors (Lipinski definition) is 0. The highest BCUT2D eigenvalue weighted by Crippen LogP contribution is 2.38. The summed E-state index contributed by atoms with van der Waals surface area (Å²) in [6.07, 6.45) is 44.7.